The molecular weight excluding hydrogens is 246 g/mol. The normalized spacial score (nSPS) is 18.3. The molecule has 1 aliphatic heterocycles. The van der Waals surface area contributed by atoms with E-state index in [1.807, 2.05) is 13.0 Å². The topological polar surface area (TPSA) is 94.3 Å². The Hall–Kier alpha value is -2.08. The third-order valence-electron chi connectivity index (χ3n) is 3.42. The van der Waals surface area contributed by atoms with E-state index in [0.29, 0.717) is 23.7 Å². The molecule has 1 aliphatic rings. The van der Waals surface area contributed by atoms with Crippen molar-refractivity contribution >= 4 is 5.97 Å². The summed E-state index contributed by atoms with van der Waals surface area (Å²) in [5, 5.41) is 9.25. The molecule has 6 nitrogen and oxygen atoms in total. The van der Waals surface area contributed by atoms with Gasteiger partial charge in [0, 0.05) is 0 Å². The highest BCUT2D eigenvalue weighted by atomic mass is 16.4. The van der Waals surface area contributed by atoms with Crippen LogP contribution in [0.4, 0.5) is 0 Å². The summed E-state index contributed by atoms with van der Waals surface area (Å²) in [7, 11) is 0. The van der Waals surface area contributed by atoms with Crippen LogP contribution in [-0.2, 0) is 6.42 Å². The predicted octanol–water partition coefficient (Wildman–Crippen LogP) is 1.94. The maximum atomic E-state index is 11.3. The standard InChI is InChI=1S/C13H15N3O3/c1-7-5-6-9(19-7)12-15-11(13(17)18)8-3-2-4-10(14)16(8)12/h5-6,10H,2-4,14H2,1H3,(H,17,18). The second kappa shape index (κ2) is 4.24. The van der Waals surface area contributed by atoms with Crippen LogP contribution < -0.4 is 5.73 Å². The van der Waals surface area contributed by atoms with E-state index in [9.17, 15) is 9.90 Å². The molecule has 0 spiro atoms. The van der Waals surface area contributed by atoms with E-state index in [1.54, 1.807) is 10.6 Å². The summed E-state index contributed by atoms with van der Waals surface area (Å²) in [6.45, 7) is 1.83. The van der Waals surface area contributed by atoms with Gasteiger partial charge in [-0.3, -0.25) is 0 Å². The Morgan fingerprint density at radius 1 is 1.58 bits per heavy atom. The number of aromatic carboxylic acids is 1. The number of carboxylic acids is 1. The first kappa shape index (κ1) is 12.0. The molecule has 1 atom stereocenters. The quantitative estimate of drug-likeness (QED) is 0.861. The Morgan fingerprint density at radius 3 is 3.00 bits per heavy atom. The SMILES string of the molecule is Cc1ccc(-c2nc(C(=O)O)c3n2C(N)CCC3)o1. The number of nitrogens with zero attached hydrogens (tertiary/aromatic N) is 2. The van der Waals surface area contributed by atoms with Gasteiger partial charge >= 0.3 is 5.97 Å². The van der Waals surface area contributed by atoms with Crippen LogP contribution in [0.5, 0.6) is 0 Å². The lowest BCUT2D eigenvalue weighted by Gasteiger charge is -2.23. The molecule has 6 heteroatoms. The number of imidazole rings is 1. The molecule has 0 amide bonds. The van der Waals surface area contributed by atoms with E-state index in [1.165, 1.54) is 0 Å². The molecule has 2 aromatic heterocycles. The number of aromatic nitrogens is 2. The molecule has 3 rings (SSSR count). The van der Waals surface area contributed by atoms with Crippen LogP contribution in [0, 0.1) is 6.92 Å². The van der Waals surface area contributed by atoms with E-state index in [2.05, 4.69) is 4.98 Å². The van der Waals surface area contributed by atoms with Crippen molar-refractivity contribution in [3.8, 4) is 11.6 Å². The summed E-state index contributed by atoms with van der Waals surface area (Å²) in [6.07, 6.45) is 2.13. The van der Waals surface area contributed by atoms with Crippen molar-refractivity contribution in [1.82, 2.24) is 9.55 Å². The second-order valence-electron chi connectivity index (χ2n) is 4.78. The molecule has 100 valence electrons. The molecule has 19 heavy (non-hydrogen) atoms. The van der Waals surface area contributed by atoms with Crippen LogP contribution in [0.1, 0.15) is 41.0 Å². The van der Waals surface area contributed by atoms with Gasteiger partial charge in [0.2, 0.25) is 0 Å². The van der Waals surface area contributed by atoms with Crippen LogP contribution in [0.3, 0.4) is 0 Å². The molecule has 3 N–H and O–H groups in total. The number of furan rings is 1. The predicted molar refractivity (Wildman–Crippen MR) is 67.8 cm³/mol. The zero-order valence-corrected chi connectivity index (χ0v) is 10.6. The molecule has 0 radical (unpaired) electrons. The highest BCUT2D eigenvalue weighted by molar-refractivity contribution is 5.87. The van der Waals surface area contributed by atoms with Crippen LogP contribution in [0.2, 0.25) is 0 Å². The highest BCUT2D eigenvalue weighted by Gasteiger charge is 2.29. The van der Waals surface area contributed by atoms with Gasteiger partial charge in [0.1, 0.15) is 5.76 Å². The van der Waals surface area contributed by atoms with Crippen molar-refractivity contribution in [2.45, 2.75) is 32.4 Å². The first-order chi connectivity index (χ1) is 9.08. The van der Waals surface area contributed by atoms with Crippen molar-refractivity contribution in [3.63, 3.8) is 0 Å². The first-order valence-electron chi connectivity index (χ1n) is 6.24. The summed E-state index contributed by atoms with van der Waals surface area (Å²) >= 11 is 0. The van der Waals surface area contributed by atoms with Crippen molar-refractivity contribution < 1.29 is 14.3 Å². The number of carboxylic acid groups (broad SMARTS) is 1. The molecular formula is C13H15N3O3. The summed E-state index contributed by atoms with van der Waals surface area (Å²) in [5.74, 6) is 0.803. The third-order valence-corrected chi connectivity index (χ3v) is 3.42. The van der Waals surface area contributed by atoms with E-state index in [4.69, 9.17) is 10.2 Å². The van der Waals surface area contributed by atoms with Crippen LogP contribution in [0.25, 0.3) is 11.6 Å². The van der Waals surface area contributed by atoms with Crippen LogP contribution >= 0.6 is 0 Å². The van der Waals surface area contributed by atoms with Gasteiger partial charge in [-0.2, -0.15) is 0 Å². The number of hydrogen-bond donors (Lipinski definition) is 2. The van der Waals surface area contributed by atoms with E-state index in [0.717, 1.165) is 18.6 Å². The van der Waals surface area contributed by atoms with E-state index >= 15 is 0 Å². The number of hydrogen-bond acceptors (Lipinski definition) is 4. The smallest absolute Gasteiger partial charge is 0.356 e. The molecule has 0 fully saturated rings. The average Bonchev–Trinajstić information content (AvgIpc) is 2.93. The van der Waals surface area contributed by atoms with Crippen molar-refractivity contribution in [2.24, 2.45) is 5.73 Å². The average molecular weight is 261 g/mol. The van der Waals surface area contributed by atoms with E-state index < -0.39 is 5.97 Å². The minimum atomic E-state index is -1.02. The third kappa shape index (κ3) is 1.84. The van der Waals surface area contributed by atoms with Gasteiger partial charge in [0.15, 0.2) is 17.3 Å². The molecule has 2 aromatic rings. The Labute approximate surface area is 109 Å². The lowest BCUT2D eigenvalue weighted by molar-refractivity contribution is 0.0689. The maximum Gasteiger partial charge on any atom is 0.356 e. The minimum Gasteiger partial charge on any atom is -0.476 e. The Kier molecular flexibility index (Phi) is 2.67. The molecule has 3 heterocycles. The van der Waals surface area contributed by atoms with Gasteiger partial charge < -0.3 is 19.8 Å². The van der Waals surface area contributed by atoms with Crippen molar-refractivity contribution in [2.75, 3.05) is 0 Å². The number of fused-ring (bicyclic) bond motifs is 1. The first-order valence-corrected chi connectivity index (χ1v) is 6.24. The summed E-state index contributed by atoms with van der Waals surface area (Å²) in [6, 6.07) is 3.61. The van der Waals surface area contributed by atoms with Gasteiger partial charge in [0.05, 0.1) is 11.9 Å². The van der Waals surface area contributed by atoms with Gasteiger partial charge in [-0.15, -0.1) is 0 Å². The van der Waals surface area contributed by atoms with Crippen molar-refractivity contribution in [3.05, 3.63) is 29.3 Å². The fourth-order valence-corrected chi connectivity index (χ4v) is 2.57. The van der Waals surface area contributed by atoms with Crippen molar-refractivity contribution in [1.29, 1.82) is 0 Å². The Bertz CT molecular complexity index is 642. The molecule has 0 saturated carbocycles. The summed E-state index contributed by atoms with van der Waals surface area (Å²) in [4.78, 5) is 15.5. The van der Waals surface area contributed by atoms with Crippen LogP contribution in [0.15, 0.2) is 16.5 Å². The number of nitrogens with two attached hydrogens (primary N) is 1. The summed E-state index contributed by atoms with van der Waals surface area (Å²) < 4.78 is 7.34. The lowest BCUT2D eigenvalue weighted by atomic mass is 10.1. The number of carbonyl (C=O) groups is 1. The van der Waals surface area contributed by atoms with Gasteiger partial charge in [0.25, 0.3) is 0 Å². The fraction of sp³-hybridized carbons (Fsp3) is 0.385. The van der Waals surface area contributed by atoms with Crippen LogP contribution in [-0.4, -0.2) is 20.6 Å². The van der Waals surface area contributed by atoms with E-state index in [-0.39, 0.29) is 11.9 Å². The minimum absolute atomic E-state index is 0.0826. The summed E-state index contributed by atoms with van der Waals surface area (Å²) in [5.41, 5.74) is 6.87. The number of aryl methyl sites for hydroxylation is 1. The fourth-order valence-electron chi connectivity index (χ4n) is 2.57. The molecule has 1 unspecified atom stereocenters. The zero-order chi connectivity index (χ0) is 13.6. The Morgan fingerprint density at radius 2 is 2.37 bits per heavy atom. The Balaban J connectivity index is 2.22. The largest absolute Gasteiger partial charge is 0.476 e. The van der Waals surface area contributed by atoms with Gasteiger partial charge in [-0.05, 0) is 38.3 Å². The molecule has 0 aliphatic carbocycles. The highest BCUT2D eigenvalue weighted by Crippen LogP contribution is 2.32. The second-order valence-corrected chi connectivity index (χ2v) is 4.78. The molecule has 0 aromatic carbocycles. The van der Waals surface area contributed by atoms with Gasteiger partial charge in [-0.25, -0.2) is 9.78 Å². The molecule has 0 bridgehead atoms. The monoisotopic (exact) mass is 261 g/mol. The number of rotatable bonds is 2. The zero-order valence-electron chi connectivity index (χ0n) is 10.6. The maximum absolute atomic E-state index is 11.3. The van der Waals surface area contributed by atoms with Gasteiger partial charge in [-0.1, -0.05) is 0 Å². The molecule has 0 saturated heterocycles. The lowest BCUT2D eigenvalue weighted by Crippen LogP contribution is -2.26.